The van der Waals surface area contributed by atoms with Gasteiger partial charge in [-0.3, -0.25) is 0 Å². The molecule has 140 valence electrons. The molecule has 0 N–H and O–H groups in total. The minimum Gasteiger partial charge on any atom is -0.498 e. The fraction of sp³-hybridized carbons (Fsp3) is 0.850. The first-order chi connectivity index (χ1) is 11.5. The van der Waals surface area contributed by atoms with Crippen LogP contribution in [-0.4, -0.2) is 35.2 Å². The van der Waals surface area contributed by atoms with Crippen LogP contribution in [0.3, 0.4) is 0 Å². The molecule has 0 aliphatic carbocycles. The number of carboxylic acid groups (broad SMARTS) is 1. The van der Waals surface area contributed by atoms with Crippen LogP contribution < -0.4 is 5.11 Å². The molecule has 3 atom stereocenters. The Hall–Kier alpha value is -1.03. The number of hydrogen-bond donors (Lipinski definition) is 0. The third-order valence-corrected chi connectivity index (χ3v) is 5.52. The van der Waals surface area contributed by atoms with E-state index in [2.05, 4.69) is 32.6 Å². The van der Waals surface area contributed by atoms with Crippen LogP contribution in [0.5, 0.6) is 0 Å². The van der Waals surface area contributed by atoms with Crippen molar-refractivity contribution in [3.63, 3.8) is 0 Å². The molecule has 4 nitrogen and oxygen atoms in total. The molecule has 0 aromatic heterocycles. The number of nitrogens with zero attached hydrogens (tertiary/aromatic N) is 2. The molecular formula is C20H38N2O2. The quantitative estimate of drug-likeness (QED) is 0.498. The van der Waals surface area contributed by atoms with Gasteiger partial charge < -0.3 is 14.8 Å². The molecular weight excluding hydrogens is 300 g/mol. The number of amides is 1. The van der Waals surface area contributed by atoms with Crippen molar-refractivity contribution in [2.45, 2.75) is 79.1 Å². The molecule has 0 saturated carbocycles. The summed E-state index contributed by atoms with van der Waals surface area (Å²) in [5.74, 6) is 1.10. The molecule has 0 fully saturated rings. The number of quaternary nitrogens is 1. The van der Waals surface area contributed by atoms with Gasteiger partial charge in [-0.2, -0.15) is 0 Å². The molecule has 1 rings (SSSR count). The SMILES string of the molecule is CCCCC(CC)CN1C=C[N+](CC(CC)CCCC)(C(=O)[O-])C1. The van der Waals surface area contributed by atoms with Gasteiger partial charge in [-0.1, -0.05) is 59.8 Å². The summed E-state index contributed by atoms with van der Waals surface area (Å²) in [5, 5.41) is 11.9. The third-order valence-electron chi connectivity index (χ3n) is 5.52. The lowest BCUT2D eigenvalue weighted by molar-refractivity contribution is -0.833. The van der Waals surface area contributed by atoms with E-state index in [1.165, 1.54) is 32.1 Å². The van der Waals surface area contributed by atoms with Crippen molar-refractivity contribution in [2.75, 3.05) is 19.8 Å². The Kier molecular flexibility index (Phi) is 9.42. The monoisotopic (exact) mass is 338 g/mol. The first kappa shape index (κ1) is 21.0. The van der Waals surface area contributed by atoms with E-state index in [-0.39, 0.29) is 4.48 Å². The molecule has 0 radical (unpaired) electrons. The largest absolute Gasteiger partial charge is 0.498 e. The standard InChI is InChI=1S/C20H38N2O2/c1-5-9-11-18(7-3)15-21-13-14-22(17-21,20(23)24)16-19(8-4)12-10-6-2/h13-14,18-19H,5-12,15-17H2,1-4H3. The van der Waals surface area contributed by atoms with E-state index >= 15 is 0 Å². The Morgan fingerprint density at radius 2 is 1.67 bits per heavy atom. The average molecular weight is 339 g/mol. The summed E-state index contributed by atoms with van der Waals surface area (Å²) < 4.78 is -0.0214. The maximum absolute atomic E-state index is 11.9. The van der Waals surface area contributed by atoms with Gasteiger partial charge in [-0.15, -0.1) is 0 Å². The van der Waals surface area contributed by atoms with E-state index in [0.717, 1.165) is 25.8 Å². The Balaban J connectivity index is 2.67. The number of carbonyl (C=O) groups is 1. The van der Waals surface area contributed by atoms with Crippen LogP contribution >= 0.6 is 0 Å². The first-order valence-corrected chi connectivity index (χ1v) is 10.0. The van der Waals surface area contributed by atoms with E-state index in [9.17, 15) is 9.90 Å². The van der Waals surface area contributed by atoms with Gasteiger partial charge in [0.25, 0.3) is 6.09 Å². The minimum atomic E-state index is -0.953. The third kappa shape index (κ3) is 6.12. The van der Waals surface area contributed by atoms with Crippen LogP contribution in [0.2, 0.25) is 0 Å². The topological polar surface area (TPSA) is 43.4 Å². The van der Waals surface area contributed by atoms with E-state index in [1.54, 1.807) is 0 Å². The Morgan fingerprint density at radius 1 is 1.08 bits per heavy atom. The maximum atomic E-state index is 11.9. The molecule has 1 aliphatic heterocycles. The Morgan fingerprint density at radius 3 is 2.17 bits per heavy atom. The lowest BCUT2D eigenvalue weighted by Crippen LogP contribution is -2.58. The van der Waals surface area contributed by atoms with Crippen molar-refractivity contribution >= 4 is 6.09 Å². The van der Waals surface area contributed by atoms with Crippen LogP contribution in [-0.2, 0) is 0 Å². The molecule has 0 aromatic carbocycles. The summed E-state index contributed by atoms with van der Waals surface area (Å²) in [6, 6.07) is 0. The summed E-state index contributed by atoms with van der Waals surface area (Å²) in [6.45, 7) is 11.0. The Labute approximate surface area is 149 Å². The molecule has 0 saturated heterocycles. The predicted molar refractivity (Wildman–Crippen MR) is 97.8 cm³/mol. The van der Waals surface area contributed by atoms with Crippen molar-refractivity contribution in [1.82, 2.24) is 4.90 Å². The molecule has 1 amide bonds. The first-order valence-electron chi connectivity index (χ1n) is 10.0. The number of carbonyl (C=O) groups excluding carboxylic acids is 1. The molecule has 0 spiro atoms. The van der Waals surface area contributed by atoms with Gasteiger partial charge in [0.05, 0.1) is 12.7 Å². The summed E-state index contributed by atoms with van der Waals surface area (Å²) in [5.41, 5.74) is 0. The van der Waals surface area contributed by atoms with Gasteiger partial charge in [-0.05, 0) is 25.2 Å². The van der Waals surface area contributed by atoms with Gasteiger partial charge in [0, 0.05) is 12.5 Å². The summed E-state index contributed by atoms with van der Waals surface area (Å²) in [6.07, 6.45) is 12.3. The molecule has 3 unspecified atom stereocenters. The highest BCUT2D eigenvalue weighted by atomic mass is 16.4. The molecule has 0 bridgehead atoms. The molecule has 1 heterocycles. The summed E-state index contributed by atoms with van der Waals surface area (Å²) in [7, 11) is 0. The van der Waals surface area contributed by atoms with Gasteiger partial charge in [0.1, 0.15) is 6.20 Å². The highest BCUT2D eigenvalue weighted by molar-refractivity contribution is 5.55. The second kappa shape index (κ2) is 10.8. The molecule has 4 heteroatoms. The van der Waals surface area contributed by atoms with E-state index in [0.29, 0.717) is 25.0 Å². The van der Waals surface area contributed by atoms with E-state index in [4.69, 9.17) is 0 Å². The molecule has 0 aromatic rings. The van der Waals surface area contributed by atoms with Crippen molar-refractivity contribution in [1.29, 1.82) is 0 Å². The molecule has 24 heavy (non-hydrogen) atoms. The number of hydrogen-bond acceptors (Lipinski definition) is 3. The van der Waals surface area contributed by atoms with Crippen molar-refractivity contribution in [3.05, 3.63) is 12.4 Å². The van der Waals surface area contributed by atoms with Gasteiger partial charge in [-0.25, -0.2) is 4.48 Å². The van der Waals surface area contributed by atoms with Crippen LogP contribution in [0.4, 0.5) is 4.79 Å². The maximum Gasteiger partial charge on any atom is 0.263 e. The smallest absolute Gasteiger partial charge is 0.263 e. The fourth-order valence-electron chi connectivity index (χ4n) is 3.70. The normalized spacial score (nSPS) is 22.8. The van der Waals surface area contributed by atoms with Gasteiger partial charge in [0.15, 0.2) is 6.67 Å². The zero-order chi connectivity index (χ0) is 18.0. The lowest BCUT2D eigenvalue weighted by atomic mass is 9.98. The highest BCUT2D eigenvalue weighted by Crippen LogP contribution is 2.26. The number of unbranched alkanes of at least 4 members (excludes halogenated alkanes) is 2. The lowest BCUT2D eigenvalue weighted by Gasteiger charge is -2.35. The molecule has 1 aliphatic rings. The summed E-state index contributed by atoms with van der Waals surface area (Å²) >= 11 is 0. The highest BCUT2D eigenvalue weighted by Gasteiger charge is 2.37. The number of rotatable bonds is 12. The zero-order valence-electron chi connectivity index (χ0n) is 16.3. The van der Waals surface area contributed by atoms with Crippen molar-refractivity contribution < 1.29 is 14.4 Å². The average Bonchev–Trinajstić information content (AvgIpc) is 2.99. The van der Waals surface area contributed by atoms with Crippen molar-refractivity contribution in [3.8, 4) is 0 Å². The van der Waals surface area contributed by atoms with E-state index in [1.807, 2.05) is 12.4 Å². The zero-order valence-corrected chi connectivity index (χ0v) is 16.3. The second-order valence-electron chi connectivity index (χ2n) is 7.53. The minimum absolute atomic E-state index is 0.0214. The predicted octanol–water partition coefficient (Wildman–Crippen LogP) is 4.32. The Bertz CT molecular complexity index is 397. The van der Waals surface area contributed by atoms with Crippen molar-refractivity contribution in [2.24, 2.45) is 11.8 Å². The van der Waals surface area contributed by atoms with Crippen LogP contribution in [0.15, 0.2) is 12.4 Å². The van der Waals surface area contributed by atoms with Gasteiger partial charge in [0.2, 0.25) is 0 Å². The fourth-order valence-corrected chi connectivity index (χ4v) is 3.70. The van der Waals surface area contributed by atoms with E-state index < -0.39 is 6.09 Å². The second-order valence-corrected chi connectivity index (χ2v) is 7.53. The van der Waals surface area contributed by atoms with Gasteiger partial charge >= 0.3 is 0 Å². The van der Waals surface area contributed by atoms with Crippen LogP contribution in [0.1, 0.15) is 79.1 Å². The summed E-state index contributed by atoms with van der Waals surface area (Å²) in [4.78, 5) is 14.1. The van der Waals surface area contributed by atoms with Crippen LogP contribution in [0.25, 0.3) is 0 Å². The van der Waals surface area contributed by atoms with Crippen LogP contribution in [0, 0.1) is 11.8 Å².